The third kappa shape index (κ3) is 6.93. The molecule has 0 aliphatic heterocycles. The van der Waals surface area contributed by atoms with Crippen molar-refractivity contribution in [2.75, 3.05) is 19.5 Å². The molecule has 0 atom stereocenters. The summed E-state index contributed by atoms with van der Waals surface area (Å²) in [7, 11) is 1.58. The number of ether oxygens (including phenoxy) is 2. The van der Waals surface area contributed by atoms with Crippen LogP contribution in [0.4, 0.5) is 0 Å². The Morgan fingerprint density at radius 1 is 1.29 bits per heavy atom. The Hall–Kier alpha value is -1.11. The van der Waals surface area contributed by atoms with Gasteiger partial charge in [-0.05, 0) is 19.1 Å². The summed E-state index contributed by atoms with van der Waals surface area (Å²) in [4.78, 5) is 5.46. The van der Waals surface area contributed by atoms with Crippen molar-refractivity contribution in [1.29, 1.82) is 0 Å². The topological polar surface area (TPSA) is 40.0 Å². The van der Waals surface area contributed by atoms with E-state index in [0.29, 0.717) is 16.7 Å². The van der Waals surface area contributed by atoms with Gasteiger partial charge in [0, 0.05) is 32.3 Å². The van der Waals surface area contributed by atoms with Crippen molar-refractivity contribution in [2.45, 2.75) is 26.6 Å². The quantitative estimate of drug-likeness (QED) is 0.329. The molecule has 21 heavy (non-hydrogen) atoms. The highest BCUT2D eigenvalue weighted by atomic mass is 32.2. The lowest BCUT2D eigenvalue weighted by atomic mass is 10.1. The summed E-state index contributed by atoms with van der Waals surface area (Å²) in [5.74, 6) is -0.201. The highest BCUT2D eigenvalue weighted by molar-refractivity contribution is 8.23. The lowest BCUT2D eigenvalue weighted by Crippen LogP contribution is -2.25. The van der Waals surface area contributed by atoms with Crippen molar-refractivity contribution in [3.05, 3.63) is 35.9 Å². The molecule has 0 bridgehead atoms. The molecule has 1 aromatic carbocycles. The van der Waals surface area contributed by atoms with Gasteiger partial charge in [0.05, 0.1) is 12.3 Å². The first-order valence-electron chi connectivity index (χ1n) is 6.63. The number of hydrogen-bond donors (Lipinski definition) is 0. The Morgan fingerprint density at radius 3 is 2.52 bits per heavy atom. The van der Waals surface area contributed by atoms with E-state index in [1.807, 2.05) is 37.3 Å². The summed E-state index contributed by atoms with van der Waals surface area (Å²) >= 11 is 6.54. The second-order valence-corrected chi connectivity index (χ2v) is 6.15. The Balaban J connectivity index is 2.81. The SMILES string of the molecule is CCOC(=S)SC/C(=N/OC(C)(C)OC)c1ccccc1. The van der Waals surface area contributed by atoms with Crippen molar-refractivity contribution in [1.82, 2.24) is 0 Å². The van der Waals surface area contributed by atoms with Crippen molar-refractivity contribution in [3.8, 4) is 0 Å². The molecule has 0 N–H and O–H groups in total. The zero-order chi connectivity index (χ0) is 15.7. The van der Waals surface area contributed by atoms with E-state index in [4.69, 9.17) is 26.5 Å². The predicted octanol–water partition coefficient (Wildman–Crippen LogP) is 3.84. The minimum absolute atomic E-state index is 0.507. The number of methoxy groups -OCH3 is 1. The Kier molecular flexibility index (Phi) is 7.71. The molecule has 0 heterocycles. The number of benzene rings is 1. The van der Waals surface area contributed by atoms with Gasteiger partial charge in [-0.3, -0.25) is 0 Å². The van der Waals surface area contributed by atoms with Gasteiger partial charge < -0.3 is 14.3 Å². The molecule has 1 rings (SSSR count). The van der Waals surface area contributed by atoms with Crippen molar-refractivity contribution >= 4 is 34.1 Å². The van der Waals surface area contributed by atoms with E-state index < -0.39 is 5.79 Å². The number of thioether (sulfide) groups is 1. The number of rotatable bonds is 7. The lowest BCUT2D eigenvalue weighted by Gasteiger charge is -2.20. The molecule has 116 valence electrons. The maximum Gasteiger partial charge on any atom is 0.230 e. The molecule has 0 unspecified atom stereocenters. The average Bonchev–Trinajstić information content (AvgIpc) is 2.48. The van der Waals surface area contributed by atoms with E-state index in [9.17, 15) is 0 Å². The second-order valence-electron chi connectivity index (χ2n) is 4.57. The smallest absolute Gasteiger partial charge is 0.230 e. The van der Waals surface area contributed by atoms with Gasteiger partial charge in [0.1, 0.15) is 0 Å². The van der Waals surface area contributed by atoms with Crippen LogP contribution in [0, 0.1) is 0 Å². The van der Waals surface area contributed by atoms with Crippen LogP contribution in [-0.2, 0) is 14.3 Å². The highest BCUT2D eigenvalue weighted by Crippen LogP contribution is 2.15. The van der Waals surface area contributed by atoms with Crippen LogP contribution in [0.1, 0.15) is 26.3 Å². The van der Waals surface area contributed by atoms with Crippen molar-refractivity contribution < 1.29 is 14.3 Å². The number of hydrogen-bond acceptors (Lipinski definition) is 6. The molecule has 0 saturated carbocycles. The first kappa shape index (κ1) is 17.9. The molecule has 0 spiro atoms. The number of nitrogens with zero attached hydrogens (tertiary/aromatic N) is 1. The first-order valence-corrected chi connectivity index (χ1v) is 8.03. The minimum Gasteiger partial charge on any atom is -0.479 e. The van der Waals surface area contributed by atoms with E-state index >= 15 is 0 Å². The maximum absolute atomic E-state index is 5.46. The van der Waals surface area contributed by atoms with E-state index in [1.54, 1.807) is 21.0 Å². The largest absolute Gasteiger partial charge is 0.479 e. The second kappa shape index (κ2) is 9.02. The molecular formula is C15H21NO3S2. The van der Waals surface area contributed by atoms with E-state index in [-0.39, 0.29) is 0 Å². The Bertz CT molecular complexity index is 475. The van der Waals surface area contributed by atoms with Crippen LogP contribution in [0.3, 0.4) is 0 Å². The molecule has 0 saturated heterocycles. The van der Waals surface area contributed by atoms with Crippen molar-refractivity contribution in [3.63, 3.8) is 0 Å². The first-order chi connectivity index (χ1) is 9.98. The molecule has 1 aromatic rings. The standard InChI is InChI=1S/C15H21NO3S2/c1-5-18-14(20)21-11-13(12-9-7-6-8-10-12)16-19-15(2,3)17-4/h6-10H,5,11H2,1-4H3/b16-13-. The van der Waals surface area contributed by atoms with E-state index in [2.05, 4.69) is 5.16 Å². The zero-order valence-corrected chi connectivity index (χ0v) is 14.4. The molecule has 0 radical (unpaired) electrons. The van der Waals surface area contributed by atoms with E-state index in [1.165, 1.54) is 11.8 Å². The molecule has 0 amide bonds. The number of oxime groups is 1. The van der Waals surface area contributed by atoms with Crippen LogP contribution >= 0.6 is 24.0 Å². The third-order valence-electron chi connectivity index (χ3n) is 2.56. The Labute approximate surface area is 135 Å². The normalized spacial score (nSPS) is 12.1. The fraction of sp³-hybridized carbons (Fsp3) is 0.467. The summed E-state index contributed by atoms with van der Waals surface area (Å²) in [6.07, 6.45) is 0. The zero-order valence-electron chi connectivity index (χ0n) is 12.8. The van der Waals surface area contributed by atoms with Gasteiger partial charge in [0.2, 0.25) is 10.2 Å². The average molecular weight is 327 g/mol. The number of thiocarbonyl (C=S) groups is 1. The summed E-state index contributed by atoms with van der Waals surface area (Å²) in [6, 6.07) is 9.83. The monoisotopic (exact) mass is 327 g/mol. The summed E-state index contributed by atoms with van der Waals surface area (Å²) in [5.41, 5.74) is 1.77. The van der Waals surface area contributed by atoms with Crippen LogP contribution in [0.25, 0.3) is 0 Å². The van der Waals surface area contributed by atoms with Gasteiger partial charge in [-0.2, -0.15) is 0 Å². The molecule has 6 heteroatoms. The molecule has 0 aliphatic carbocycles. The Morgan fingerprint density at radius 2 is 1.95 bits per heavy atom. The molecular weight excluding hydrogens is 306 g/mol. The van der Waals surface area contributed by atoms with Gasteiger partial charge in [-0.15, -0.1) is 0 Å². The van der Waals surface area contributed by atoms with Gasteiger partial charge in [0.15, 0.2) is 0 Å². The van der Waals surface area contributed by atoms with Crippen LogP contribution in [-0.4, -0.2) is 35.4 Å². The summed E-state index contributed by atoms with van der Waals surface area (Å²) in [6.45, 7) is 6.08. The van der Waals surface area contributed by atoms with Gasteiger partial charge in [-0.1, -0.05) is 47.2 Å². The fourth-order valence-electron chi connectivity index (χ4n) is 1.28. The fourth-order valence-corrected chi connectivity index (χ4v) is 2.25. The maximum atomic E-state index is 5.46. The minimum atomic E-state index is -0.773. The summed E-state index contributed by atoms with van der Waals surface area (Å²) in [5, 5.41) is 4.22. The van der Waals surface area contributed by atoms with Crippen LogP contribution < -0.4 is 0 Å². The molecule has 0 aromatic heterocycles. The van der Waals surface area contributed by atoms with Crippen LogP contribution in [0.5, 0.6) is 0 Å². The molecule has 4 nitrogen and oxygen atoms in total. The van der Waals surface area contributed by atoms with E-state index in [0.717, 1.165) is 11.3 Å². The van der Waals surface area contributed by atoms with Gasteiger partial charge in [-0.25, -0.2) is 0 Å². The van der Waals surface area contributed by atoms with Gasteiger partial charge >= 0.3 is 0 Å². The molecule has 0 aliphatic rings. The third-order valence-corrected chi connectivity index (χ3v) is 3.81. The van der Waals surface area contributed by atoms with Crippen LogP contribution in [0.2, 0.25) is 0 Å². The molecule has 0 fully saturated rings. The van der Waals surface area contributed by atoms with Crippen LogP contribution in [0.15, 0.2) is 35.5 Å². The predicted molar refractivity (Wildman–Crippen MR) is 91.8 cm³/mol. The lowest BCUT2D eigenvalue weighted by molar-refractivity contribution is -0.197. The van der Waals surface area contributed by atoms with Gasteiger partial charge in [0.25, 0.3) is 0 Å². The highest BCUT2D eigenvalue weighted by Gasteiger charge is 2.18. The summed E-state index contributed by atoms with van der Waals surface area (Å²) < 4.78 is 11.0. The van der Waals surface area contributed by atoms with Crippen molar-refractivity contribution in [2.24, 2.45) is 5.16 Å².